The molecule has 0 aliphatic carbocycles. The minimum Gasteiger partial charge on any atom is -0.508 e. The fraction of sp³-hybridized carbons (Fsp3) is 0.0909. The zero-order chi connectivity index (χ0) is 9.84. The lowest BCUT2D eigenvalue weighted by Gasteiger charge is -2.05. The van der Waals surface area contributed by atoms with Gasteiger partial charge < -0.3 is 10.4 Å². The Kier molecular flexibility index (Phi) is 2.75. The number of benzene rings is 1. The molecule has 1 rings (SSSR count). The van der Waals surface area contributed by atoms with E-state index in [2.05, 4.69) is 18.5 Å². The SMILES string of the molecule is C=C(C)Nc1ccc(C(=C)O)cc1. The Morgan fingerprint density at radius 2 is 1.77 bits per heavy atom. The van der Waals surface area contributed by atoms with E-state index in [4.69, 9.17) is 5.11 Å². The summed E-state index contributed by atoms with van der Waals surface area (Å²) in [6, 6.07) is 7.33. The minimum absolute atomic E-state index is 0.0851. The van der Waals surface area contributed by atoms with Gasteiger partial charge in [-0.1, -0.05) is 13.2 Å². The van der Waals surface area contributed by atoms with Crippen LogP contribution < -0.4 is 5.32 Å². The van der Waals surface area contributed by atoms with E-state index in [1.165, 1.54) is 0 Å². The molecule has 0 saturated carbocycles. The van der Waals surface area contributed by atoms with Crippen LogP contribution in [0, 0.1) is 0 Å². The molecule has 2 N–H and O–H groups in total. The molecule has 1 aromatic carbocycles. The van der Waals surface area contributed by atoms with Crippen molar-refractivity contribution in [1.29, 1.82) is 0 Å². The smallest absolute Gasteiger partial charge is 0.115 e. The lowest BCUT2D eigenvalue weighted by molar-refractivity contribution is 0.514. The van der Waals surface area contributed by atoms with Gasteiger partial charge in [-0.3, -0.25) is 0 Å². The molecule has 0 aliphatic heterocycles. The largest absolute Gasteiger partial charge is 0.508 e. The van der Waals surface area contributed by atoms with Crippen molar-refractivity contribution < 1.29 is 5.11 Å². The maximum Gasteiger partial charge on any atom is 0.115 e. The highest BCUT2D eigenvalue weighted by Crippen LogP contribution is 2.14. The molecule has 0 spiro atoms. The Morgan fingerprint density at radius 1 is 1.23 bits per heavy atom. The Hall–Kier alpha value is -1.70. The number of hydrogen-bond donors (Lipinski definition) is 2. The molecule has 0 bridgehead atoms. The third kappa shape index (κ3) is 2.67. The summed E-state index contributed by atoms with van der Waals surface area (Å²) >= 11 is 0. The molecule has 0 unspecified atom stereocenters. The molecular formula is C11H13NO. The number of anilines is 1. The van der Waals surface area contributed by atoms with Gasteiger partial charge in [0, 0.05) is 16.9 Å². The molecule has 13 heavy (non-hydrogen) atoms. The molecule has 0 heterocycles. The molecule has 0 saturated heterocycles. The lowest BCUT2D eigenvalue weighted by Crippen LogP contribution is -1.93. The van der Waals surface area contributed by atoms with E-state index in [-0.39, 0.29) is 5.76 Å². The molecule has 1 aromatic rings. The average molecular weight is 175 g/mol. The summed E-state index contributed by atoms with van der Waals surface area (Å²) in [5.74, 6) is 0.0851. The van der Waals surface area contributed by atoms with Crippen molar-refractivity contribution in [2.75, 3.05) is 5.32 Å². The molecule has 0 fully saturated rings. The summed E-state index contributed by atoms with van der Waals surface area (Å²) in [6.07, 6.45) is 0. The van der Waals surface area contributed by atoms with E-state index >= 15 is 0 Å². The van der Waals surface area contributed by atoms with Crippen LogP contribution in [0.1, 0.15) is 12.5 Å². The van der Waals surface area contributed by atoms with Crippen LogP contribution in [0.25, 0.3) is 5.76 Å². The Balaban J connectivity index is 2.81. The number of allylic oxidation sites excluding steroid dienone is 1. The first-order valence-corrected chi connectivity index (χ1v) is 4.00. The third-order valence-electron chi connectivity index (χ3n) is 1.58. The first kappa shape index (κ1) is 9.39. The lowest BCUT2D eigenvalue weighted by atomic mass is 10.2. The summed E-state index contributed by atoms with van der Waals surface area (Å²) in [5, 5.41) is 12.1. The monoisotopic (exact) mass is 175 g/mol. The topological polar surface area (TPSA) is 32.3 Å². The van der Waals surface area contributed by atoms with Gasteiger partial charge in [0.15, 0.2) is 0 Å². The summed E-state index contributed by atoms with van der Waals surface area (Å²) in [5.41, 5.74) is 2.57. The zero-order valence-electron chi connectivity index (χ0n) is 7.67. The van der Waals surface area contributed by atoms with E-state index in [1.54, 1.807) is 12.1 Å². The van der Waals surface area contributed by atoms with Crippen LogP contribution >= 0.6 is 0 Å². The van der Waals surface area contributed by atoms with Crippen molar-refractivity contribution in [2.24, 2.45) is 0 Å². The molecule has 0 radical (unpaired) electrons. The summed E-state index contributed by atoms with van der Waals surface area (Å²) in [7, 11) is 0. The normalized spacial score (nSPS) is 9.31. The average Bonchev–Trinajstić information content (AvgIpc) is 2.04. The van der Waals surface area contributed by atoms with Crippen LogP contribution in [-0.4, -0.2) is 5.11 Å². The van der Waals surface area contributed by atoms with E-state index in [9.17, 15) is 0 Å². The fourth-order valence-electron chi connectivity index (χ4n) is 0.992. The van der Waals surface area contributed by atoms with Crippen LogP contribution in [0.3, 0.4) is 0 Å². The van der Waals surface area contributed by atoms with Gasteiger partial charge in [0.25, 0.3) is 0 Å². The first-order valence-electron chi connectivity index (χ1n) is 4.00. The second-order valence-electron chi connectivity index (χ2n) is 2.93. The second kappa shape index (κ2) is 3.81. The Bertz CT molecular complexity index is 324. The van der Waals surface area contributed by atoms with Gasteiger partial charge in [0.2, 0.25) is 0 Å². The standard InChI is InChI=1S/C11H13NO/c1-8(2)12-11-6-4-10(5-7-11)9(3)13/h4-7,12-13H,1,3H2,2H3. The van der Waals surface area contributed by atoms with E-state index in [0.717, 1.165) is 16.9 Å². The number of aliphatic hydroxyl groups excluding tert-OH is 1. The van der Waals surface area contributed by atoms with E-state index in [0.29, 0.717) is 0 Å². The number of hydrogen-bond acceptors (Lipinski definition) is 2. The van der Waals surface area contributed by atoms with Crippen LogP contribution in [0.5, 0.6) is 0 Å². The van der Waals surface area contributed by atoms with Crippen LogP contribution in [0.4, 0.5) is 5.69 Å². The van der Waals surface area contributed by atoms with Crippen LogP contribution in [0.2, 0.25) is 0 Å². The quantitative estimate of drug-likeness (QED) is 0.691. The van der Waals surface area contributed by atoms with Gasteiger partial charge in [-0.25, -0.2) is 0 Å². The summed E-state index contributed by atoms with van der Waals surface area (Å²) in [6.45, 7) is 9.05. The third-order valence-corrected chi connectivity index (χ3v) is 1.58. The van der Waals surface area contributed by atoms with Crippen LogP contribution in [-0.2, 0) is 0 Å². The predicted molar refractivity (Wildman–Crippen MR) is 56.5 cm³/mol. The molecule has 68 valence electrons. The number of aliphatic hydroxyl groups is 1. The van der Waals surface area contributed by atoms with Gasteiger partial charge in [-0.05, 0) is 31.2 Å². The highest BCUT2D eigenvalue weighted by Gasteiger charge is 1.95. The second-order valence-corrected chi connectivity index (χ2v) is 2.93. The van der Waals surface area contributed by atoms with Crippen molar-refractivity contribution in [3.05, 3.63) is 48.7 Å². The summed E-state index contributed by atoms with van der Waals surface area (Å²) < 4.78 is 0. The van der Waals surface area contributed by atoms with Crippen molar-refractivity contribution in [3.8, 4) is 0 Å². The highest BCUT2D eigenvalue weighted by molar-refractivity contribution is 5.60. The molecule has 0 amide bonds. The molecule has 2 nitrogen and oxygen atoms in total. The number of rotatable bonds is 3. The summed E-state index contributed by atoms with van der Waals surface area (Å²) in [4.78, 5) is 0. The minimum atomic E-state index is 0.0851. The molecule has 0 aromatic heterocycles. The number of nitrogens with one attached hydrogen (secondary N) is 1. The van der Waals surface area contributed by atoms with Gasteiger partial charge >= 0.3 is 0 Å². The van der Waals surface area contributed by atoms with Gasteiger partial charge in [0.1, 0.15) is 5.76 Å². The van der Waals surface area contributed by atoms with Gasteiger partial charge in [0.05, 0.1) is 0 Å². The van der Waals surface area contributed by atoms with Crippen molar-refractivity contribution in [1.82, 2.24) is 0 Å². The molecule has 0 atom stereocenters. The fourth-order valence-corrected chi connectivity index (χ4v) is 0.992. The van der Waals surface area contributed by atoms with Crippen molar-refractivity contribution in [2.45, 2.75) is 6.92 Å². The van der Waals surface area contributed by atoms with Crippen LogP contribution in [0.15, 0.2) is 43.1 Å². The molecular weight excluding hydrogens is 162 g/mol. The maximum atomic E-state index is 9.06. The highest BCUT2D eigenvalue weighted by atomic mass is 16.3. The Labute approximate surface area is 78.2 Å². The van der Waals surface area contributed by atoms with E-state index < -0.39 is 0 Å². The Morgan fingerprint density at radius 3 is 2.15 bits per heavy atom. The van der Waals surface area contributed by atoms with Crippen molar-refractivity contribution >= 4 is 11.4 Å². The van der Waals surface area contributed by atoms with Gasteiger partial charge in [-0.15, -0.1) is 0 Å². The van der Waals surface area contributed by atoms with E-state index in [1.807, 2.05) is 19.1 Å². The predicted octanol–water partition coefficient (Wildman–Crippen LogP) is 3.16. The maximum absolute atomic E-state index is 9.06. The first-order chi connectivity index (χ1) is 6.09. The molecule has 2 heteroatoms. The van der Waals surface area contributed by atoms with Crippen molar-refractivity contribution in [3.63, 3.8) is 0 Å². The van der Waals surface area contributed by atoms with Gasteiger partial charge in [-0.2, -0.15) is 0 Å². The molecule has 0 aliphatic rings. The zero-order valence-corrected chi connectivity index (χ0v) is 7.67.